The molecule has 3 rings (SSSR count). The topological polar surface area (TPSA) is 84.3 Å². The zero-order chi connectivity index (χ0) is 19.8. The van der Waals surface area contributed by atoms with Crippen LogP contribution in [0.5, 0.6) is 0 Å². The number of hydrogen-bond acceptors (Lipinski definition) is 4. The molecular formula is C19H26N4O3S. The maximum atomic E-state index is 13.0. The van der Waals surface area contributed by atoms with Gasteiger partial charge in [-0.05, 0) is 52.7 Å². The second kappa shape index (κ2) is 7.44. The van der Waals surface area contributed by atoms with Gasteiger partial charge in [-0.2, -0.15) is 9.40 Å². The number of amides is 1. The van der Waals surface area contributed by atoms with E-state index in [1.54, 1.807) is 35.0 Å². The lowest BCUT2D eigenvalue weighted by Crippen LogP contribution is -2.43. The lowest BCUT2D eigenvalue weighted by atomic mass is 10.2. The van der Waals surface area contributed by atoms with E-state index in [1.807, 2.05) is 27.7 Å². The second-order valence-electron chi connectivity index (χ2n) is 7.29. The molecule has 0 bridgehead atoms. The smallest absolute Gasteiger partial charge is 0.243 e. The summed E-state index contributed by atoms with van der Waals surface area (Å²) in [4.78, 5) is 13.1. The maximum Gasteiger partial charge on any atom is 0.243 e. The van der Waals surface area contributed by atoms with Crippen LogP contribution in [-0.4, -0.2) is 41.0 Å². The van der Waals surface area contributed by atoms with Crippen LogP contribution in [0.25, 0.3) is 0 Å². The number of nitrogens with zero attached hydrogens (tertiary/aromatic N) is 3. The molecule has 1 fully saturated rings. The van der Waals surface area contributed by atoms with E-state index in [0.29, 0.717) is 25.2 Å². The fourth-order valence-electron chi connectivity index (χ4n) is 3.35. The number of rotatable bonds is 5. The molecule has 0 saturated carbocycles. The van der Waals surface area contributed by atoms with Gasteiger partial charge in [0.25, 0.3) is 0 Å². The first-order chi connectivity index (χ1) is 12.7. The molecule has 1 aliphatic heterocycles. The summed E-state index contributed by atoms with van der Waals surface area (Å²) < 4.78 is 29.1. The van der Waals surface area contributed by atoms with Crippen molar-refractivity contribution >= 4 is 21.7 Å². The molecule has 0 aliphatic carbocycles. The van der Waals surface area contributed by atoms with E-state index in [4.69, 9.17) is 0 Å². The standard InChI is InChI=1S/C19H26N4O3S/c1-13(2)23-18(12-15(4)21-23)20-19(24)17-6-5-11-22(17)27(25,26)16-9-7-14(3)8-10-16/h7-10,12-13,17H,5-6,11H2,1-4H3,(H,20,24)/t17-/m1/s1. The summed E-state index contributed by atoms with van der Waals surface area (Å²) in [5.41, 5.74) is 1.79. The molecule has 1 amide bonds. The van der Waals surface area contributed by atoms with Gasteiger partial charge >= 0.3 is 0 Å². The minimum Gasteiger partial charge on any atom is -0.309 e. The van der Waals surface area contributed by atoms with Crippen molar-refractivity contribution in [2.45, 2.75) is 57.5 Å². The zero-order valence-corrected chi connectivity index (χ0v) is 17.0. The van der Waals surface area contributed by atoms with Gasteiger partial charge in [0.2, 0.25) is 15.9 Å². The van der Waals surface area contributed by atoms with Crippen LogP contribution in [0, 0.1) is 13.8 Å². The lowest BCUT2D eigenvalue weighted by Gasteiger charge is -2.24. The van der Waals surface area contributed by atoms with Gasteiger partial charge in [0.15, 0.2) is 0 Å². The summed E-state index contributed by atoms with van der Waals surface area (Å²) in [6.07, 6.45) is 1.16. The SMILES string of the molecule is Cc1ccc(S(=O)(=O)N2CCC[C@@H]2C(=O)Nc2cc(C)nn2C(C)C)cc1. The molecule has 8 heteroatoms. The third-order valence-corrected chi connectivity index (χ3v) is 6.65. The van der Waals surface area contributed by atoms with Crippen molar-refractivity contribution < 1.29 is 13.2 Å². The monoisotopic (exact) mass is 390 g/mol. The molecule has 1 atom stereocenters. The van der Waals surface area contributed by atoms with Crippen LogP contribution in [0.3, 0.4) is 0 Å². The average Bonchev–Trinajstić information content (AvgIpc) is 3.22. The third-order valence-electron chi connectivity index (χ3n) is 4.73. The first kappa shape index (κ1) is 19.6. The molecule has 2 heterocycles. The lowest BCUT2D eigenvalue weighted by molar-refractivity contribution is -0.119. The Kier molecular flexibility index (Phi) is 5.39. The largest absolute Gasteiger partial charge is 0.309 e. The number of aromatic nitrogens is 2. The molecule has 1 aromatic carbocycles. The highest BCUT2D eigenvalue weighted by molar-refractivity contribution is 7.89. The Hall–Kier alpha value is -2.19. The van der Waals surface area contributed by atoms with Crippen molar-refractivity contribution in [3.8, 4) is 0 Å². The van der Waals surface area contributed by atoms with Crippen molar-refractivity contribution in [1.29, 1.82) is 0 Å². The van der Waals surface area contributed by atoms with Crippen molar-refractivity contribution in [2.24, 2.45) is 0 Å². The fourth-order valence-corrected chi connectivity index (χ4v) is 5.01. The Morgan fingerprint density at radius 3 is 2.52 bits per heavy atom. The van der Waals surface area contributed by atoms with Gasteiger partial charge < -0.3 is 5.32 Å². The summed E-state index contributed by atoms with van der Waals surface area (Å²) in [6.45, 7) is 8.06. The molecule has 7 nitrogen and oxygen atoms in total. The number of aryl methyl sites for hydroxylation is 2. The predicted octanol–water partition coefficient (Wildman–Crippen LogP) is 2.87. The van der Waals surface area contributed by atoms with Crippen LogP contribution >= 0.6 is 0 Å². The summed E-state index contributed by atoms with van der Waals surface area (Å²) in [5.74, 6) is 0.275. The van der Waals surface area contributed by atoms with Gasteiger partial charge in [-0.25, -0.2) is 13.1 Å². The molecule has 1 aliphatic rings. The molecular weight excluding hydrogens is 364 g/mol. The van der Waals surface area contributed by atoms with Gasteiger partial charge in [-0.3, -0.25) is 4.79 Å². The number of carbonyl (C=O) groups is 1. The Bertz CT molecular complexity index is 932. The van der Waals surface area contributed by atoms with E-state index < -0.39 is 16.1 Å². The summed E-state index contributed by atoms with van der Waals surface area (Å²) in [5, 5.41) is 7.26. The molecule has 2 aromatic rings. The number of nitrogens with one attached hydrogen (secondary N) is 1. The molecule has 0 spiro atoms. The Labute approximate surface area is 160 Å². The zero-order valence-electron chi connectivity index (χ0n) is 16.1. The average molecular weight is 391 g/mol. The first-order valence-corrected chi connectivity index (χ1v) is 10.6. The fraction of sp³-hybridized carbons (Fsp3) is 0.474. The van der Waals surface area contributed by atoms with Crippen LogP contribution < -0.4 is 5.32 Å². The van der Waals surface area contributed by atoms with Crippen molar-refractivity contribution in [3.05, 3.63) is 41.6 Å². The maximum absolute atomic E-state index is 13.0. The molecule has 1 N–H and O–H groups in total. The van der Waals surface area contributed by atoms with Gasteiger partial charge in [0.1, 0.15) is 11.9 Å². The van der Waals surface area contributed by atoms with E-state index in [1.165, 1.54) is 4.31 Å². The summed E-state index contributed by atoms with van der Waals surface area (Å²) in [7, 11) is -3.71. The quantitative estimate of drug-likeness (QED) is 0.851. The molecule has 1 saturated heterocycles. The Balaban J connectivity index is 1.84. The normalized spacial score (nSPS) is 18.2. The number of hydrogen-bond donors (Lipinski definition) is 1. The molecule has 0 radical (unpaired) electrons. The van der Waals surface area contributed by atoms with E-state index in [0.717, 1.165) is 11.3 Å². The van der Waals surface area contributed by atoms with Crippen molar-refractivity contribution in [1.82, 2.24) is 14.1 Å². The van der Waals surface area contributed by atoms with E-state index in [2.05, 4.69) is 10.4 Å². The highest BCUT2D eigenvalue weighted by atomic mass is 32.2. The van der Waals surface area contributed by atoms with E-state index >= 15 is 0 Å². The van der Waals surface area contributed by atoms with Crippen molar-refractivity contribution in [2.75, 3.05) is 11.9 Å². The Morgan fingerprint density at radius 1 is 1.22 bits per heavy atom. The van der Waals surface area contributed by atoms with Gasteiger partial charge in [0, 0.05) is 18.7 Å². The number of carbonyl (C=O) groups excluding carboxylic acids is 1. The van der Waals surface area contributed by atoms with Crippen LogP contribution in [0.1, 0.15) is 44.0 Å². The van der Waals surface area contributed by atoms with E-state index in [-0.39, 0.29) is 16.8 Å². The van der Waals surface area contributed by atoms with Gasteiger partial charge in [-0.1, -0.05) is 17.7 Å². The van der Waals surface area contributed by atoms with Gasteiger partial charge in [-0.15, -0.1) is 0 Å². The number of benzene rings is 1. The molecule has 146 valence electrons. The van der Waals surface area contributed by atoms with Crippen LogP contribution in [-0.2, 0) is 14.8 Å². The van der Waals surface area contributed by atoms with E-state index in [9.17, 15) is 13.2 Å². The summed E-state index contributed by atoms with van der Waals surface area (Å²) >= 11 is 0. The molecule has 0 unspecified atom stereocenters. The molecule has 1 aromatic heterocycles. The van der Waals surface area contributed by atoms with Crippen LogP contribution in [0.15, 0.2) is 35.2 Å². The van der Waals surface area contributed by atoms with Crippen molar-refractivity contribution in [3.63, 3.8) is 0 Å². The minimum atomic E-state index is -3.71. The highest BCUT2D eigenvalue weighted by Crippen LogP contribution is 2.27. The number of sulfonamides is 1. The summed E-state index contributed by atoms with van der Waals surface area (Å²) in [6, 6.07) is 7.89. The first-order valence-electron chi connectivity index (χ1n) is 9.15. The number of anilines is 1. The Morgan fingerprint density at radius 2 is 1.89 bits per heavy atom. The second-order valence-corrected chi connectivity index (χ2v) is 9.18. The predicted molar refractivity (Wildman–Crippen MR) is 104 cm³/mol. The highest BCUT2D eigenvalue weighted by Gasteiger charge is 2.39. The third kappa shape index (κ3) is 3.91. The van der Waals surface area contributed by atoms with Crippen LogP contribution in [0.2, 0.25) is 0 Å². The minimum absolute atomic E-state index is 0.0879. The molecule has 27 heavy (non-hydrogen) atoms. The van der Waals surface area contributed by atoms with Crippen LogP contribution in [0.4, 0.5) is 5.82 Å². The van der Waals surface area contributed by atoms with Gasteiger partial charge in [0.05, 0.1) is 10.6 Å².